The number of carbonyl (C=O) groups is 1. The van der Waals surface area contributed by atoms with Crippen molar-refractivity contribution in [2.24, 2.45) is 5.41 Å². The highest BCUT2D eigenvalue weighted by molar-refractivity contribution is 9.10. The Hall–Kier alpha value is -1.33. The minimum absolute atomic E-state index is 0.0594. The lowest BCUT2D eigenvalue weighted by Crippen LogP contribution is -2.49. The van der Waals surface area contributed by atoms with Crippen molar-refractivity contribution in [3.8, 4) is 0 Å². The summed E-state index contributed by atoms with van der Waals surface area (Å²) in [6.07, 6.45) is 5.42. The summed E-state index contributed by atoms with van der Waals surface area (Å²) in [4.78, 5) is 17.6. The van der Waals surface area contributed by atoms with E-state index < -0.39 is 5.97 Å². The maximum Gasteiger partial charge on any atom is 0.303 e. The van der Waals surface area contributed by atoms with Gasteiger partial charge in [-0.1, -0.05) is 22.9 Å². The van der Waals surface area contributed by atoms with Crippen LogP contribution in [0.25, 0.3) is 10.9 Å². The Morgan fingerprint density at radius 3 is 3.04 bits per heavy atom. The number of nitrogens with zero attached hydrogens (tertiary/aromatic N) is 1. The number of hydrogen-bond acceptors (Lipinski definition) is 2. The SMILES string of the molecule is CC[C@]1(CCC(=O)O)CCCN2CCc3c([nH]c4ccc(Br)cc34)[C@@H]21. The Kier molecular flexibility index (Phi) is 4.40. The van der Waals surface area contributed by atoms with E-state index in [1.807, 2.05) is 0 Å². The van der Waals surface area contributed by atoms with Gasteiger partial charge in [-0.25, -0.2) is 0 Å². The van der Waals surface area contributed by atoms with Crippen LogP contribution in [0.15, 0.2) is 22.7 Å². The fraction of sp³-hybridized carbons (Fsp3) is 0.550. The summed E-state index contributed by atoms with van der Waals surface area (Å²) >= 11 is 3.60. The Morgan fingerprint density at radius 1 is 1.44 bits per heavy atom. The van der Waals surface area contributed by atoms with E-state index in [-0.39, 0.29) is 11.8 Å². The predicted molar refractivity (Wildman–Crippen MR) is 103 cm³/mol. The van der Waals surface area contributed by atoms with Crippen molar-refractivity contribution in [1.29, 1.82) is 0 Å². The molecule has 1 aromatic carbocycles. The molecule has 1 saturated heterocycles. The smallest absolute Gasteiger partial charge is 0.303 e. The molecule has 2 aliphatic rings. The molecule has 4 nitrogen and oxygen atoms in total. The molecule has 134 valence electrons. The van der Waals surface area contributed by atoms with E-state index in [4.69, 9.17) is 0 Å². The molecule has 1 fully saturated rings. The van der Waals surface area contributed by atoms with Crippen LogP contribution in [0.5, 0.6) is 0 Å². The van der Waals surface area contributed by atoms with E-state index in [1.54, 1.807) is 0 Å². The topological polar surface area (TPSA) is 56.3 Å². The van der Waals surface area contributed by atoms with Crippen LogP contribution in [0.4, 0.5) is 0 Å². The van der Waals surface area contributed by atoms with Gasteiger partial charge in [0.25, 0.3) is 0 Å². The molecule has 25 heavy (non-hydrogen) atoms. The Bertz CT molecular complexity index is 815. The second-order valence-corrected chi connectivity index (χ2v) is 8.52. The lowest BCUT2D eigenvalue weighted by Gasteiger charge is -2.52. The zero-order valence-electron chi connectivity index (χ0n) is 14.6. The van der Waals surface area contributed by atoms with Crippen LogP contribution in [-0.4, -0.2) is 34.0 Å². The van der Waals surface area contributed by atoms with Crippen molar-refractivity contribution in [2.45, 2.75) is 51.5 Å². The van der Waals surface area contributed by atoms with Crippen molar-refractivity contribution in [3.63, 3.8) is 0 Å². The van der Waals surface area contributed by atoms with Gasteiger partial charge in [-0.15, -0.1) is 0 Å². The third-order valence-electron chi connectivity index (χ3n) is 6.43. The van der Waals surface area contributed by atoms with Gasteiger partial charge in [0.2, 0.25) is 0 Å². The third kappa shape index (κ3) is 2.81. The van der Waals surface area contributed by atoms with Crippen molar-refractivity contribution >= 4 is 32.8 Å². The lowest BCUT2D eigenvalue weighted by molar-refractivity contribution is -0.138. The average Bonchev–Trinajstić information content (AvgIpc) is 2.97. The van der Waals surface area contributed by atoms with Gasteiger partial charge in [-0.3, -0.25) is 9.69 Å². The third-order valence-corrected chi connectivity index (χ3v) is 6.92. The number of carboxylic acids is 1. The van der Waals surface area contributed by atoms with Crippen LogP contribution >= 0.6 is 15.9 Å². The first kappa shape index (κ1) is 17.1. The molecule has 3 heterocycles. The quantitative estimate of drug-likeness (QED) is 0.762. The maximum atomic E-state index is 11.3. The minimum Gasteiger partial charge on any atom is -0.481 e. The van der Waals surface area contributed by atoms with Crippen LogP contribution in [0.2, 0.25) is 0 Å². The molecule has 2 aromatic rings. The molecule has 0 amide bonds. The number of H-pyrrole nitrogens is 1. The van der Waals surface area contributed by atoms with Gasteiger partial charge < -0.3 is 10.1 Å². The summed E-state index contributed by atoms with van der Waals surface area (Å²) in [5.41, 5.74) is 4.03. The van der Waals surface area contributed by atoms with Crippen LogP contribution in [0, 0.1) is 5.41 Å². The van der Waals surface area contributed by atoms with E-state index in [0.717, 1.165) is 43.2 Å². The number of piperidine rings is 1. The normalized spacial score (nSPS) is 26.4. The van der Waals surface area contributed by atoms with Crippen LogP contribution in [0.3, 0.4) is 0 Å². The Morgan fingerprint density at radius 2 is 2.28 bits per heavy atom. The molecule has 0 unspecified atom stereocenters. The number of aromatic nitrogens is 1. The number of aromatic amines is 1. The summed E-state index contributed by atoms with van der Waals surface area (Å²) in [5.74, 6) is -0.679. The summed E-state index contributed by atoms with van der Waals surface area (Å²) < 4.78 is 1.11. The second-order valence-electron chi connectivity index (χ2n) is 7.61. The molecule has 2 aliphatic heterocycles. The first-order chi connectivity index (χ1) is 12.0. The van der Waals surface area contributed by atoms with Crippen molar-refractivity contribution in [1.82, 2.24) is 9.88 Å². The summed E-state index contributed by atoms with van der Waals surface area (Å²) in [6.45, 7) is 4.43. The van der Waals surface area contributed by atoms with Gasteiger partial charge in [-0.05, 0) is 67.8 Å². The number of fused-ring (bicyclic) bond motifs is 5. The number of hydrogen-bond donors (Lipinski definition) is 2. The Balaban J connectivity index is 1.82. The summed E-state index contributed by atoms with van der Waals surface area (Å²) in [6, 6.07) is 6.77. The highest BCUT2D eigenvalue weighted by atomic mass is 79.9. The van der Waals surface area contributed by atoms with E-state index in [9.17, 15) is 9.90 Å². The van der Waals surface area contributed by atoms with Gasteiger partial charge in [-0.2, -0.15) is 0 Å². The van der Waals surface area contributed by atoms with Crippen LogP contribution < -0.4 is 0 Å². The summed E-state index contributed by atoms with van der Waals surface area (Å²) in [7, 11) is 0. The zero-order chi connectivity index (χ0) is 17.6. The summed E-state index contributed by atoms with van der Waals surface area (Å²) in [5, 5.41) is 10.6. The second kappa shape index (κ2) is 6.44. The first-order valence-corrected chi connectivity index (χ1v) is 10.1. The fourth-order valence-electron chi connectivity index (χ4n) is 5.18. The largest absolute Gasteiger partial charge is 0.481 e. The van der Waals surface area contributed by atoms with Crippen molar-refractivity contribution in [2.75, 3.05) is 13.1 Å². The zero-order valence-corrected chi connectivity index (χ0v) is 16.2. The molecule has 0 spiro atoms. The molecule has 1 aromatic heterocycles. The number of rotatable bonds is 4. The molecule has 4 rings (SSSR count). The highest BCUT2D eigenvalue weighted by Crippen LogP contribution is 2.53. The monoisotopic (exact) mass is 404 g/mol. The van der Waals surface area contributed by atoms with Crippen molar-refractivity contribution < 1.29 is 9.90 Å². The minimum atomic E-state index is -0.679. The lowest BCUT2D eigenvalue weighted by atomic mass is 9.65. The number of nitrogens with one attached hydrogen (secondary N) is 1. The van der Waals surface area contributed by atoms with E-state index in [0.29, 0.717) is 6.04 Å². The molecule has 0 bridgehead atoms. The molecule has 0 radical (unpaired) electrons. The molecule has 0 saturated carbocycles. The molecule has 0 aliphatic carbocycles. The molecule has 2 N–H and O–H groups in total. The van der Waals surface area contributed by atoms with Gasteiger partial charge >= 0.3 is 5.97 Å². The van der Waals surface area contributed by atoms with E-state index in [1.165, 1.54) is 28.6 Å². The van der Waals surface area contributed by atoms with Gasteiger partial charge in [0.15, 0.2) is 0 Å². The molecular formula is C20H25BrN2O2. The van der Waals surface area contributed by atoms with Gasteiger partial charge in [0.05, 0.1) is 6.04 Å². The highest BCUT2D eigenvalue weighted by Gasteiger charge is 2.47. The number of aliphatic carboxylic acids is 1. The average molecular weight is 405 g/mol. The molecule has 5 heteroatoms. The van der Waals surface area contributed by atoms with Crippen LogP contribution in [-0.2, 0) is 11.2 Å². The van der Waals surface area contributed by atoms with Gasteiger partial charge in [0.1, 0.15) is 0 Å². The van der Waals surface area contributed by atoms with Crippen LogP contribution in [0.1, 0.15) is 56.3 Å². The number of benzene rings is 1. The Labute approximate surface area is 156 Å². The van der Waals surface area contributed by atoms with E-state index in [2.05, 4.69) is 50.9 Å². The van der Waals surface area contributed by atoms with Crippen molar-refractivity contribution in [3.05, 3.63) is 33.9 Å². The van der Waals surface area contributed by atoms with Gasteiger partial charge in [0, 0.05) is 34.0 Å². The number of carboxylic acid groups (broad SMARTS) is 1. The molecular weight excluding hydrogens is 380 g/mol. The predicted octanol–water partition coefficient (Wildman–Crippen LogP) is 4.88. The first-order valence-electron chi connectivity index (χ1n) is 9.30. The standard InChI is InChI=1S/C20H25BrN2O2/c1-2-20(9-6-17(24)25)8-3-10-23-11-7-14-15-12-13(21)4-5-16(15)22-18(14)19(20)23/h4-5,12,19,22H,2-3,6-11H2,1H3,(H,24,25)/t19-,20-/m1/s1. The maximum absolute atomic E-state index is 11.3. The fourth-order valence-corrected chi connectivity index (χ4v) is 5.54. The number of halogens is 1. The molecule has 2 atom stereocenters. The van der Waals surface area contributed by atoms with E-state index >= 15 is 0 Å².